The lowest BCUT2D eigenvalue weighted by Crippen LogP contribution is -2.11. The first-order valence-electron chi connectivity index (χ1n) is 8.39. The van der Waals surface area contributed by atoms with Crippen molar-refractivity contribution in [2.24, 2.45) is 0 Å². The fraction of sp³-hybridized carbons (Fsp3) is 0.0952. The second-order valence-corrected chi connectivity index (χ2v) is 6.30. The zero-order chi connectivity index (χ0) is 18.1. The summed E-state index contributed by atoms with van der Waals surface area (Å²) in [7, 11) is 0. The van der Waals surface area contributed by atoms with Crippen molar-refractivity contribution in [3.63, 3.8) is 0 Å². The van der Waals surface area contributed by atoms with Gasteiger partial charge in [0.2, 0.25) is 5.78 Å². The van der Waals surface area contributed by atoms with Crippen LogP contribution in [0.25, 0.3) is 17.0 Å². The second-order valence-electron chi connectivity index (χ2n) is 6.30. The van der Waals surface area contributed by atoms with Gasteiger partial charge < -0.3 is 5.32 Å². The number of nitrogens with one attached hydrogen (secondary N) is 1. The summed E-state index contributed by atoms with van der Waals surface area (Å²) in [6, 6.07) is 17.1. The van der Waals surface area contributed by atoms with E-state index in [0.29, 0.717) is 11.3 Å². The average molecular weight is 342 g/mol. The second kappa shape index (κ2) is 6.44. The number of benzene rings is 2. The summed E-state index contributed by atoms with van der Waals surface area (Å²) < 4.78 is 1.90. The molecule has 26 heavy (non-hydrogen) atoms. The number of fused-ring (bicyclic) bond motifs is 1. The summed E-state index contributed by atoms with van der Waals surface area (Å²) in [6.45, 7) is 3.91. The summed E-state index contributed by atoms with van der Waals surface area (Å²) in [5.74, 6) is 0.561. The number of carbonyl (C=O) groups excluding carboxylic acids is 1. The Morgan fingerprint density at radius 3 is 2.58 bits per heavy atom. The zero-order valence-corrected chi connectivity index (χ0v) is 14.6. The Balaban J connectivity index is 1.55. The molecule has 4 aromatic rings. The molecule has 2 aromatic carbocycles. The maximum Gasteiger partial charge on any atom is 0.255 e. The topological polar surface area (TPSA) is 59.3 Å². The predicted molar refractivity (Wildman–Crippen MR) is 102 cm³/mol. The van der Waals surface area contributed by atoms with Crippen LogP contribution >= 0.6 is 0 Å². The minimum Gasteiger partial charge on any atom is -0.322 e. The summed E-state index contributed by atoms with van der Waals surface area (Å²) in [4.78, 5) is 21.3. The smallest absolute Gasteiger partial charge is 0.255 e. The Morgan fingerprint density at radius 2 is 1.81 bits per heavy atom. The highest BCUT2D eigenvalue weighted by Crippen LogP contribution is 2.21. The van der Waals surface area contributed by atoms with Crippen LogP contribution in [0.2, 0.25) is 0 Å². The monoisotopic (exact) mass is 342 g/mol. The number of anilines is 1. The molecule has 4 rings (SSSR count). The number of amides is 1. The van der Waals surface area contributed by atoms with E-state index in [0.717, 1.165) is 28.2 Å². The first-order chi connectivity index (χ1) is 12.6. The third kappa shape index (κ3) is 3.19. The van der Waals surface area contributed by atoms with Gasteiger partial charge in [0.15, 0.2) is 0 Å². The highest BCUT2D eigenvalue weighted by molar-refractivity contribution is 6.04. The van der Waals surface area contributed by atoms with Gasteiger partial charge in [0.25, 0.3) is 5.91 Å². The van der Waals surface area contributed by atoms with E-state index in [1.807, 2.05) is 85.2 Å². The van der Waals surface area contributed by atoms with Gasteiger partial charge in [-0.25, -0.2) is 9.97 Å². The molecule has 0 aliphatic heterocycles. The van der Waals surface area contributed by atoms with E-state index >= 15 is 0 Å². The quantitative estimate of drug-likeness (QED) is 0.605. The van der Waals surface area contributed by atoms with E-state index < -0.39 is 0 Å². The number of nitrogens with zero attached hydrogens (tertiary/aromatic N) is 3. The SMILES string of the molecule is Cc1cccc(C(=O)Nc2ccc(-c3cn4ccc(C)nc4n3)cc2)c1. The molecule has 0 aliphatic carbocycles. The normalized spacial score (nSPS) is 10.8. The average Bonchev–Trinajstić information content (AvgIpc) is 3.05. The number of hydrogen-bond donors (Lipinski definition) is 1. The molecular weight excluding hydrogens is 324 g/mol. The fourth-order valence-corrected chi connectivity index (χ4v) is 2.81. The molecule has 1 amide bonds. The van der Waals surface area contributed by atoms with Crippen LogP contribution in [0.1, 0.15) is 21.6 Å². The summed E-state index contributed by atoms with van der Waals surface area (Å²) >= 11 is 0. The number of carbonyl (C=O) groups is 1. The molecule has 0 aliphatic rings. The van der Waals surface area contributed by atoms with Gasteiger partial charge in [-0.1, -0.05) is 29.8 Å². The highest BCUT2D eigenvalue weighted by Gasteiger charge is 2.08. The number of rotatable bonds is 3. The molecule has 5 nitrogen and oxygen atoms in total. The Kier molecular flexibility index (Phi) is 3.97. The molecule has 2 aromatic heterocycles. The molecular formula is C21H18N4O. The lowest BCUT2D eigenvalue weighted by molar-refractivity contribution is 0.102. The van der Waals surface area contributed by atoms with E-state index in [1.165, 1.54) is 0 Å². The van der Waals surface area contributed by atoms with Gasteiger partial charge in [-0.05, 0) is 44.2 Å². The molecule has 0 fully saturated rings. The summed E-state index contributed by atoms with van der Waals surface area (Å²) in [5.41, 5.74) is 5.21. The third-order valence-electron chi connectivity index (χ3n) is 4.18. The third-order valence-corrected chi connectivity index (χ3v) is 4.18. The fourth-order valence-electron chi connectivity index (χ4n) is 2.81. The molecule has 0 bridgehead atoms. The summed E-state index contributed by atoms with van der Waals surface area (Å²) in [6.07, 6.45) is 3.90. The number of hydrogen-bond acceptors (Lipinski definition) is 3. The Morgan fingerprint density at radius 1 is 1.00 bits per heavy atom. The maximum atomic E-state index is 12.3. The summed E-state index contributed by atoms with van der Waals surface area (Å²) in [5, 5.41) is 2.92. The van der Waals surface area contributed by atoms with Crippen LogP contribution in [0.5, 0.6) is 0 Å². The van der Waals surface area contributed by atoms with Crippen molar-refractivity contribution in [3.05, 3.63) is 83.8 Å². The van der Waals surface area contributed by atoms with Crippen molar-refractivity contribution in [3.8, 4) is 11.3 Å². The van der Waals surface area contributed by atoms with Crippen molar-refractivity contribution >= 4 is 17.4 Å². The van der Waals surface area contributed by atoms with Crippen LogP contribution in [0.15, 0.2) is 67.0 Å². The van der Waals surface area contributed by atoms with Crippen LogP contribution in [0.4, 0.5) is 5.69 Å². The molecule has 0 spiro atoms. The first kappa shape index (κ1) is 16.0. The van der Waals surface area contributed by atoms with Gasteiger partial charge in [-0.3, -0.25) is 9.20 Å². The standard InChI is InChI=1S/C21H18N4O/c1-14-4-3-5-17(12-14)20(26)23-18-8-6-16(7-9-18)19-13-25-11-10-15(2)22-21(25)24-19/h3-13H,1-2H3,(H,23,26). The molecule has 2 heterocycles. The number of imidazole rings is 1. The van der Waals surface area contributed by atoms with E-state index in [1.54, 1.807) is 0 Å². The van der Waals surface area contributed by atoms with Crippen molar-refractivity contribution in [2.75, 3.05) is 5.32 Å². The van der Waals surface area contributed by atoms with E-state index in [9.17, 15) is 4.79 Å². The minimum absolute atomic E-state index is 0.117. The van der Waals surface area contributed by atoms with Crippen molar-refractivity contribution in [2.45, 2.75) is 13.8 Å². The molecule has 0 radical (unpaired) electrons. The van der Waals surface area contributed by atoms with Crippen LogP contribution in [0.3, 0.4) is 0 Å². The molecule has 128 valence electrons. The van der Waals surface area contributed by atoms with Gasteiger partial charge >= 0.3 is 0 Å². The van der Waals surface area contributed by atoms with Gasteiger partial charge in [-0.15, -0.1) is 0 Å². The van der Waals surface area contributed by atoms with E-state index in [-0.39, 0.29) is 5.91 Å². The number of aromatic nitrogens is 3. The largest absolute Gasteiger partial charge is 0.322 e. The Hall–Kier alpha value is -3.47. The Labute approximate surface area is 151 Å². The highest BCUT2D eigenvalue weighted by atomic mass is 16.1. The Bertz CT molecular complexity index is 1100. The van der Waals surface area contributed by atoms with Crippen LogP contribution in [-0.2, 0) is 0 Å². The molecule has 0 atom stereocenters. The first-order valence-corrected chi connectivity index (χ1v) is 8.39. The minimum atomic E-state index is -0.117. The van der Waals surface area contributed by atoms with Crippen molar-refractivity contribution in [1.82, 2.24) is 14.4 Å². The predicted octanol–water partition coefficient (Wildman–Crippen LogP) is 4.27. The lowest BCUT2D eigenvalue weighted by atomic mass is 10.1. The van der Waals surface area contributed by atoms with Crippen LogP contribution in [-0.4, -0.2) is 20.3 Å². The maximum absolute atomic E-state index is 12.3. The molecule has 0 saturated carbocycles. The molecule has 0 unspecified atom stereocenters. The van der Waals surface area contributed by atoms with E-state index in [2.05, 4.69) is 15.3 Å². The van der Waals surface area contributed by atoms with Gasteiger partial charge in [0, 0.05) is 34.9 Å². The van der Waals surface area contributed by atoms with Crippen LogP contribution < -0.4 is 5.32 Å². The van der Waals surface area contributed by atoms with Gasteiger partial charge in [0.1, 0.15) is 0 Å². The lowest BCUT2D eigenvalue weighted by Gasteiger charge is -2.06. The molecule has 5 heteroatoms. The molecule has 0 saturated heterocycles. The van der Waals surface area contributed by atoms with Crippen molar-refractivity contribution in [1.29, 1.82) is 0 Å². The van der Waals surface area contributed by atoms with Crippen molar-refractivity contribution < 1.29 is 4.79 Å². The van der Waals surface area contributed by atoms with Gasteiger partial charge in [0.05, 0.1) is 5.69 Å². The number of aryl methyl sites for hydroxylation is 2. The zero-order valence-electron chi connectivity index (χ0n) is 14.6. The molecule has 1 N–H and O–H groups in total. The van der Waals surface area contributed by atoms with E-state index in [4.69, 9.17) is 0 Å². The van der Waals surface area contributed by atoms with Gasteiger partial charge in [-0.2, -0.15) is 0 Å². The van der Waals surface area contributed by atoms with Crippen LogP contribution in [0, 0.1) is 13.8 Å².